The van der Waals surface area contributed by atoms with Crippen LogP contribution in [0.4, 0.5) is 14.5 Å². The molecule has 1 N–H and O–H groups in total. The third-order valence-electron chi connectivity index (χ3n) is 2.00. The molecule has 1 heterocycles. The molecule has 0 aliphatic heterocycles. The number of benzene rings is 1. The fourth-order valence-corrected chi connectivity index (χ4v) is 2.20. The highest BCUT2D eigenvalue weighted by molar-refractivity contribution is 7.17. The minimum Gasteiger partial charge on any atom is -0.433 e. The van der Waals surface area contributed by atoms with Gasteiger partial charge in [0.05, 0.1) is 5.02 Å². The van der Waals surface area contributed by atoms with Gasteiger partial charge in [-0.15, -0.1) is 10.2 Å². The number of hydrogen-bond acceptors (Lipinski definition) is 5. The normalized spacial score (nSPS) is 10.7. The number of alkyl halides is 2. The summed E-state index contributed by atoms with van der Waals surface area (Å²) in [6.07, 6.45) is 0. The molecule has 0 bridgehead atoms. The minimum atomic E-state index is -2.98. The van der Waals surface area contributed by atoms with Gasteiger partial charge < -0.3 is 10.1 Å². The van der Waals surface area contributed by atoms with Gasteiger partial charge in [-0.25, -0.2) is 0 Å². The first kappa shape index (κ1) is 14.9. The predicted molar refractivity (Wildman–Crippen MR) is 71.0 cm³/mol. The van der Waals surface area contributed by atoms with Crippen LogP contribution < -0.4 is 10.1 Å². The molecule has 106 valence electrons. The number of halogens is 4. The molecule has 5 nitrogen and oxygen atoms in total. The average Bonchev–Trinajstić information content (AvgIpc) is 2.79. The predicted octanol–water partition coefficient (Wildman–Crippen LogP) is 3.70. The van der Waals surface area contributed by atoms with Crippen LogP contribution in [0.25, 0.3) is 0 Å². The lowest BCUT2D eigenvalue weighted by Crippen LogP contribution is -2.11. The van der Waals surface area contributed by atoms with E-state index in [1.165, 1.54) is 18.2 Å². The Hall–Kier alpha value is -1.51. The monoisotopic (exact) mass is 339 g/mol. The second kappa shape index (κ2) is 6.29. The molecule has 2 rings (SSSR count). The van der Waals surface area contributed by atoms with Crippen LogP contribution in [0.2, 0.25) is 9.49 Å². The van der Waals surface area contributed by atoms with Crippen molar-refractivity contribution in [2.24, 2.45) is 0 Å². The van der Waals surface area contributed by atoms with Gasteiger partial charge in [-0.05, 0) is 29.8 Å². The molecule has 0 radical (unpaired) electrons. The molecule has 1 aromatic carbocycles. The summed E-state index contributed by atoms with van der Waals surface area (Å²) < 4.78 is 28.4. The maximum absolute atomic E-state index is 12.1. The molecule has 0 spiro atoms. The van der Waals surface area contributed by atoms with Gasteiger partial charge >= 0.3 is 6.61 Å². The third kappa shape index (κ3) is 3.75. The zero-order valence-corrected chi connectivity index (χ0v) is 11.8. The van der Waals surface area contributed by atoms with E-state index in [9.17, 15) is 13.6 Å². The van der Waals surface area contributed by atoms with Gasteiger partial charge in [0.25, 0.3) is 5.91 Å². The van der Waals surface area contributed by atoms with E-state index < -0.39 is 12.5 Å². The zero-order chi connectivity index (χ0) is 14.7. The molecule has 0 aliphatic carbocycles. The Morgan fingerprint density at radius 3 is 2.65 bits per heavy atom. The number of carbonyl (C=O) groups excluding carboxylic acids is 1. The smallest absolute Gasteiger partial charge is 0.387 e. The van der Waals surface area contributed by atoms with Crippen LogP contribution in [-0.4, -0.2) is 22.7 Å². The Morgan fingerprint density at radius 2 is 2.10 bits per heavy atom. The standard InChI is InChI=1S/C10H5Cl2F2N3O2S/c11-5-3-4(1-2-6(5)19-10(13)14)15-7(18)8-16-17-9(12)20-8/h1-3,10H,(H,15,18). The quantitative estimate of drug-likeness (QED) is 0.922. The molecule has 0 unspecified atom stereocenters. The van der Waals surface area contributed by atoms with Gasteiger partial charge in [0.1, 0.15) is 5.75 Å². The van der Waals surface area contributed by atoms with Gasteiger partial charge in [0, 0.05) is 5.69 Å². The number of ether oxygens (including phenoxy) is 1. The first-order valence-corrected chi connectivity index (χ1v) is 6.57. The molecule has 0 atom stereocenters. The molecule has 2 aromatic rings. The summed E-state index contributed by atoms with van der Waals surface area (Å²) in [5, 5.41) is 9.53. The lowest BCUT2D eigenvalue weighted by molar-refractivity contribution is -0.0497. The highest BCUT2D eigenvalue weighted by Crippen LogP contribution is 2.29. The summed E-state index contributed by atoms with van der Waals surface area (Å²) in [7, 11) is 0. The van der Waals surface area contributed by atoms with Crippen molar-refractivity contribution in [2.45, 2.75) is 6.61 Å². The van der Waals surface area contributed by atoms with Crippen LogP contribution in [-0.2, 0) is 0 Å². The number of nitrogens with one attached hydrogen (secondary N) is 1. The minimum absolute atomic E-state index is 0.0570. The van der Waals surface area contributed by atoms with Crippen LogP contribution in [0, 0.1) is 0 Å². The number of amides is 1. The van der Waals surface area contributed by atoms with Gasteiger partial charge in [0.2, 0.25) is 9.47 Å². The molecular weight excluding hydrogens is 335 g/mol. The van der Waals surface area contributed by atoms with Crippen molar-refractivity contribution < 1.29 is 18.3 Å². The number of rotatable bonds is 4. The number of aromatic nitrogens is 2. The van der Waals surface area contributed by atoms with Gasteiger partial charge in [-0.1, -0.05) is 22.9 Å². The first-order valence-electron chi connectivity index (χ1n) is 5.00. The number of anilines is 1. The Morgan fingerprint density at radius 1 is 1.35 bits per heavy atom. The number of nitrogens with zero attached hydrogens (tertiary/aromatic N) is 2. The first-order chi connectivity index (χ1) is 9.45. The summed E-state index contributed by atoms with van der Waals surface area (Å²) in [5.74, 6) is -0.716. The molecule has 1 aromatic heterocycles. The van der Waals surface area contributed by atoms with E-state index in [2.05, 4.69) is 20.3 Å². The summed E-state index contributed by atoms with van der Waals surface area (Å²) in [4.78, 5) is 11.7. The van der Waals surface area contributed by atoms with Crippen LogP contribution in [0.5, 0.6) is 5.75 Å². The van der Waals surface area contributed by atoms with E-state index in [0.29, 0.717) is 5.69 Å². The summed E-state index contributed by atoms with van der Waals surface area (Å²) >= 11 is 12.2. The fraction of sp³-hybridized carbons (Fsp3) is 0.100. The Balaban J connectivity index is 2.10. The van der Waals surface area contributed by atoms with Crippen molar-refractivity contribution in [1.29, 1.82) is 0 Å². The van der Waals surface area contributed by atoms with E-state index in [1.54, 1.807) is 0 Å². The summed E-state index contributed by atoms with van der Waals surface area (Å²) in [6, 6.07) is 3.86. The van der Waals surface area contributed by atoms with Crippen molar-refractivity contribution in [2.75, 3.05) is 5.32 Å². The average molecular weight is 340 g/mol. The van der Waals surface area contributed by atoms with Gasteiger partial charge in [-0.3, -0.25) is 4.79 Å². The SMILES string of the molecule is O=C(Nc1ccc(OC(F)F)c(Cl)c1)c1nnc(Cl)s1. The molecular formula is C10H5Cl2F2N3O2S. The van der Waals surface area contributed by atoms with E-state index in [1.807, 2.05) is 0 Å². The largest absolute Gasteiger partial charge is 0.433 e. The number of hydrogen-bond donors (Lipinski definition) is 1. The highest BCUT2D eigenvalue weighted by atomic mass is 35.5. The Bertz CT molecular complexity index is 639. The lowest BCUT2D eigenvalue weighted by atomic mass is 10.3. The molecule has 0 saturated carbocycles. The van der Waals surface area contributed by atoms with Crippen molar-refractivity contribution in [3.63, 3.8) is 0 Å². The van der Waals surface area contributed by atoms with E-state index in [0.717, 1.165) is 11.3 Å². The third-order valence-corrected chi connectivity index (χ3v) is 3.31. The van der Waals surface area contributed by atoms with Crippen LogP contribution in [0.15, 0.2) is 18.2 Å². The van der Waals surface area contributed by atoms with Crippen LogP contribution in [0.1, 0.15) is 9.80 Å². The fourth-order valence-electron chi connectivity index (χ4n) is 1.25. The molecule has 0 saturated heterocycles. The van der Waals surface area contributed by atoms with E-state index >= 15 is 0 Å². The van der Waals surface area contributed by atoms with Gasteiger partial charge in [0.15, 0.2) is 0 Å². The maximum Gasteiger partial charge on any atom is 0.387 e. The Kier molecular flexibility index (Phi) is 4.69. The van der Waals surface area contributed by atoms with Crippen molar-refractivity contribution in [3.05, 3.63) is 32.7 Å². The zero-order valence-electron chi connectivity index (χ0n) is 9.44. The highest BCUT2D eigenvalue weighted by Gasteiger charge is 2.14. The molecule has 20 heavy (non-hydrogen) atoms. The van der Waals surface area contributed by atoms with Gasteiger partial charge in [-0.2, -0.15) is 8.78 Å². The second-order valence-electron chi connectivity index (χ2n) is 3.34. The molecule has 0 aliphatic rings. The van der Waals surface area contributed by atoms with Crippen molar-refractivity contribution >= 4 is 46.1 Å². The van der Waals surface area contributed by atoms with Crippen LogP contribution in [0.3, 0.4) is 0 Å². The molecule has 10 heteroatoms. The summed E-state index contributed by atoms with van der Waals surface area (Å²) in [5.41, 5.74) is 0.299. The van der Waals surface area contributed by atoms with Crippen LogP contribution >= 0.6 is 34.5 Å². The van der Waals surface area contributed by atoms with E-state index in [-0.39, 0.29) is 20.2 Å². The Labute approximate surface area is 125 Å². The molecule has 1 amide bonds. The van der Waals surface area contributed by atoms with Crippen molar-refractivity contribution in [1.82, 2.24) is 10.2 Å². The van der Waals surface area contributed by atoms with Crippen molar-refractivity contribution in [3.8, 4) is 5.75 Å². The van der Waals surface area contributed by atoms with E-state index in [4.69, 9.17) is 23.2 Å². The second-order valence-corrected chi connectivity index (χ2v) is 5.30. The summed E-state index contributed by atoms with van der Waals surface area (Å²) in [6.45, 7) is -2.98. The maximum atomic E-state index is 12.1. The lowest BCUT2D eigenvalue weighted by Gasteiger charge is -2.08. The topological polar surface area (TPSA) is 64.1 Å². The molecule has 0 fully saturated rings. The number of carbonyl (C=O) groups is 1.